The number of benzene rings is 1. The zero-order valence-electron chi connectivity index (χ0n) is 13.7. The third-order valence-corrected chi connectivity index (χ3v) is 3.92. The average Bonchev–Trinajstić information content (AvgIpc) is 3.06. The van der Waals surface area contributed by atoms with Crippen LogP contribution in [0.4, 0.5) is 10.1 Å². The number of hydrogen-bond donors (Lipinski definition) is 1. The Bertz CT molecular complexity index is 896. The van der Waals surface area contributed by atoms with Crippen molar-refractivity contribution >= 4 is 11.6 Å². The van der Waals surface area contributed by atoms with Gasteiger partial charge in [-0.15, -0.1) is 0 Å². The number of nitrogens with zero attached hydrogens (tertiary/aromatic N) is 4. The average molecular weight is 327 g/mol. The highest BCUT2D eigenvalue weighted by atomic mass is 19.1. The van der Waals surface area contributed by atoms with Gasteiger partial charge in [-0.1, -0.05) is 18.2 Å². The van der Waals surface area contributed by atoms with Crippen molar-refractivity contribution in [2.24, 2.45) is 7.05 Å². The molecule has 0 bridgehead atoms. The van der Waals surface area contributed by atoms with E-state index in [0.717, 1.165) is 5.69 Å². The lowest BCUT2D eigenvalue weighted by Crippen LogP contribution is -2.13. The quantitative estimate of drug-likeness (QED) is 0.801. The van der Waals surface area contributed by atoms with Crippen LogP contribution in [-0.4, -0.2) is 25.5 Å². The van der Waals surface area contributed by atoms with E-state index in [9.17, 15) is 9.18 Å². The standard InChI is InChI=1S/C17H18FN5O/c1-11-16(12(2)22(3)21-11)17(24)20-14-8-19-23(10-14)9-13-6-4-5-7-15(13)18/h4-8,10H,9H2,1-3H3,(H,20,24). The third kappa shape index (κ3) is 3.05. The Balaban J connectivity index is 1.74. The van der Waals surface area contributed by atoms with E-state index >= 15 is 0 Å². The predicted octanol–water partition coefficient (Wildman–Crippen LogP) is 2.67. The van der Waals surface area contributed by atoms with E-state index in [1.165, 1.54) is 6.07 Å². The maximum Gasteiger partial charge on any atom is 0.259 e. The summed E-state index contributed by atoms with van der Waals surface area (Å²) in [6.45, 7) is 3.94. The van der Waals surface area contributed by atoms with Gasteiger partial charge < -0.3 is 5.32 Å². The van der Waals surface area contributed by atoms with Crippen molar-refractivity contribution < 1.29 is 9.18 Å². The topological polar surface area (TPSA) is 64.7 Å². The van der Waals surface area contributed by atoms with E-state index in [-0.39, 0.29) is 11.7 Å². The first-order chi connectivity index (χ1) is 11.5. The molecule has 1 N–H and O–H groups in total. The van der Waals surface area contributed by atoms with Crippen LogP contribution in [0.5, 0.6) is 0 Å². The van der Waals surface area contributed by atoms with Crippen LogP contribution >= 0.6 is 0 Å². The third-order valence-electron chi connectivity index (χ3n) is 3.92. The summed E-state index contributed by atoms with van der Waals surface area (Å²) >= 11 is 0. The molecule has 7 heteroatoms. The first-order valence-electron chi connectivity index (χ1n) is 7.53. The smallest absolute Gasteiger partial charge is 0.259 e. The lowest BCUT2D eigenvalue weighted by Gasteiger charge is -2.04. The number of aryl methyl sites for hydroxylation is 2. The molecule has 0 aliphatic heterocycles. The van der Waals surface area contributed by atoms with Crippen LogP contribution in [0.15, 0.2) is 36.7 Å². The Hall–Kier alpha value is -2.96. The Morgan fingerprint density at radius 1 is 1.29 bits per heavy atom. The van der Waals surface area contributed by atoms with Gasteiger partial charge in [0.1, 0.15) is 5.82 Å². The summed E-state index contributed by atoms with van der Waals surface area (Å²) in [5.41, 5.74) is 3.12. The number of hydrogen-bond acceptors (Lipinski definition) is 3. The predicted molar refractivity (Wildman–Crippen MR) is 88.4 cm³/mol. The van der Waals surface area contributed by atoms with E-state index in [1.54, 1.807) is 53.9 Å². The fourth-order valence-electron chi connectivity index (χ4n) is 2.61. The lowest BCUT2D eigenvalue weighted by atomic mass is 10.2. The van der Waals surface area contributed by atoms with Crippen LogP contribution in [0.2, 0.25) is 0 Å². The number of nitrogens with one attached hydrogen (secondary N) is 1. The first-order valence-corrected chi connectivity index (χ1v) is 7.53. The van der Waals surface area contributed by atoms with Crippen LogP contribution in [0.1, 0.15) is 27.3 Å². The highest BCUT2D eigenvalue weighted by Crippen LogP contribution is 2.16. The summed E-state index contributed by atoms with van der Waals surface area (Å²) < 4.78 is 16.9. The number of anilines is 1. The van der Waals surface area contributed by atoms with E-state index in [1.807, 2.05) is 6.92 Å². The number of amides is 1. The van der Waals surface area contributed by atoms with E-state index in [0.29, 0.717) is 29.1 Å². The minimum Gasteiger partial charge on any atom is -0.319 e. The number of halogens is 1. The van der Waals surface area contributed by atoms with Gasteiger partial charge in [0.2, 0.25) is 0 Å². The van der Waals surface area contributed by atoms with Crippen molar-refractivity contribution in [3.05, 3.63) is 65.0 Å². The molecule has 124 valence electrons. The summed E-state index contributed by atoms with van der Waals surface area (Å²) in [6.07, 6.45) is 3.21. The summed E-state index contributed by atoms with van der Waals surface area (Å²) in [4.78, 5) is 12.4. The van der Waals surface area contributed by atoms with Gasteiger partial charge >= 0.3 is 0 Å². The van der Waals surface area contributed by atoms with Crippen molar-refractivity contribution in [3.63, 3.8) is 0 Å². The lowest BCUT2D eigenvalue weighted by molar-refractivity contribution is 0.102. The minimum absolute atomic E-state index is 0.233. The van der Waals surface area contributed by atoms with Gasteiger partial charge in [-0.3, -0.25) is 14.2 Å². The zero-order valence-corrected chi connectivity index (χ0v) is 13.7. The normalized spacial score (nSPS) is 10.8. The second-order valence-electron chi connectivity index (χ2n) is 5.64. The maximum atomic E-state index is 13.7. The Morgan fingerprint density at radius 2 is 2.04 bits per heavy atom. The molecule has 0 fully saturated rings. The second-order valence-corrected chi connectivity index (χ2v) is 5.64. The minimum atomic E-state index is -0.278. The Morgan fingerprint density at radius 3 is 2.71 bits per heavy atom. The largest absolute Gasteiger partial charge is 0.319 e. The molecule has 0 atom stereocenters. The molecule has 3 aromatic rings. The van der Waals surface area contributed by atoms with Crippen molar-refractivity contribution in [3.8, 4) is 0 Å². The van der Waals surface area contributed by atoms with Crippen LogP contribution in [0.25, 0.3) is 0 Å². The molecule has 0 saturated heterocycles. The van der Waals surface area contributed by atoms with Crippen molar-refractivity contribution in [2.75, 3.05) is 5.32 Å². The van der Waals surface area contributed by atoms with Gasteiger partial charge in [0, 0.05) is 24.5 Å². The molecule has 0 saturated carbocycles. The molecule has 0 spiro atoms. The van der Waals surface area contributed by atoms with Gasteiger partial charge in [0.15, 0.2) is 0 Å². The fraction of sp³-hybridized carbons (Fsp3) is 0.235. The van der Waals surface area contributed by atoms with Gasteiger partial charge in [-0.25, -0.2) is 4.39 Å². The molecular formula is C17H18FN5O. The van der Waals surface area contributed by atoms with Crippen molar-refractivity contribution in [1.29, 1.82) is 0 Å². The first kappa shape index (κ1) is 15.9. The summed E-state index contributed by atoms with van der Waals surface area (Å²) in [5, 5.41) is 11.2. The molecule has 6 nitrogen and oxygen atoms in total. The maximum absolute atomic E-state index is 13.7. The molecule has 0 unspecified atom stereocenters. The molecule has 24 heavy (non-hydrogen) atoms. The van der Waals surface area contributed by atoms with Crippen molar-refractivity contribution in [1.82, 2.24) is 19.6 Å². The Labute approximate surface area is 138 Å². The monoisotopic (exact) mass is 327 g/mol. The molecule has 0 aliphatic carbocycles. The molecule has 1 aromatic carbocycles. The molecule has 0 radical (unpaired) electrons. The zero-order chi connectivity index (χ0) is 17.3. The molecule has 3 rings (SSSR count). The van der Waals surface area contributed by atoms with Gasteiger partial charge in [0.25, 0.3) is 5.91 Å². The summed E-state index contributed by atoms with van der Waals surface area (Å²) in [6, 6.07) is 6.54. The Kier molecular flexibility index (Phi) is 4.16. The molecular weight excluding hydrogens is 309 g/mol. The van der Waals surface area contributed by atoms with Gasteiger partial charge in [0.05, 0.1) is 29.7 Å². The molecule has 2 heterocycles. The molecule has 1 amide bonds. The number of aromatic nitrogens is 4. The number of rotatable bonds is 4. The molecule has 0 aliphatic rings. The highest BCUT2D eigenvalue weighted by molar-refractivity contribution is 6.05. The fourth-order valence-corrected chi connectivity index (χ4v) is 2.61. The van der Waals surface area contributed by atoms with E-state index in [4.69, 9.17) is 0 Å². The van der Waals surface area contributed by atoms with E-state index in [2.05, 4.69) is 15.5 Å². The van der Waals surface area contributed by atoms with Crippen LogP contribution in [0.3, 0.4) is 0 Å². The van der Waals surface area contributed by atoms with Gasteiger partial charge in [-0.2, -0.15) is 10.2 Å². The number of carbonyl (C=O) groups is 1. The SMILES string of the molecule is Cc1nn(C)c(C)c1C(=O)Nc1cnn(Cc2ccccc2F)c1. The molecule has 2 aromatic heterocycles. The van der Waals surface area contributed by atoms with Crippen LogP contribution in [-0.2, 0) is 13.6 Å². The van der Waals surface area contributed by atoms with Crippen molar-refractivity contribution in [2.45, 2.75) is 20.4 Å². The van der Waals surface area contributed by atoms with Crippen LogP contribution in [0, 0.1) is 19.7 Å². The van der Waals surface area contributed by atoms with Gasteiger partial charge in [-0.05, 0) is 19.9 Å². The van der Waals surface area contributed by atoms with E-state index < -0.39 is 0 Å². The highest BCUT2D eigenvalue weighted by Gasteiger charge is 2.18. The summed E-state index contributed by atoms with van der Waals surface area (Å²) in [7, 11) is 1.80. The second kappa shape index (κ2) is 6.27. The van der Waals surface area contributed by atoms with Crippen LogP contribution < -0.4 is 5.32 Å². The number of carbonyl (C=O) groups excluding carboxylic acids is 1. The summed E-state index contributed by atoms with van der Waals surface area (Å²) in [5.74, 6) is -0.510.